The predicted octanol–water partition coefficient (Wildman–Crippen LogP) is 1.65. The Kier molecular flexibility index (Phi) is 4.84. The van der Waals surface area contributed by atoms with Gasteiger partial charge in [-0.2, -0.15) is 0 Å². The lowest BCUT2D eigenvalue weighted by atomic mass is 9.97. The van der Waals surface area contributed by atoms with Crippen LogP contribution in [0.5, 0.6) is 0 Å². The quantitative estimate of drug-likeness (QED) is 0.647. The van der Waals surface area contributed by atoms with E-state index in [1.807, 2.05) is 6.07 Å². The minimum absolute atomic E-state index is 0.236. The van der Waals surface area contributed by atoms with Crippen LogP contribution in [-0.2, 0) is 4.74 Å². The van der Waals surface area contributed by atoms with Gasteiger partial charge >= 0.3 is 5.97 Å². The average molecular weight is 278 g/mol. The molecular weight excluding hydrogens is 256 g/mol. The molecule has 0 amide bonds. The summed E-state index contributed by atoms with van der Waals surface area (Å²) >= 11 is 0. The first-order valence-electron chi connectivity index (χ1n) is 7.08. The Balaban J connectivity index is 2.21. The summed E-state index contributed by atoms with van der Waals surface area (Å²) < 4.78 is 5.10. The summed E-state index contributed by atoms with van der Waals surface area (Å²) in [5, 5.41) is 9.19. The maximum absolute atomic E-state index is 12.0. The van der Waals surface area contributed by atoms with Crippen molar-refractivity contribution in [3.8, 4) is 0 Å². The molecule has 1 fully saturated rings. The fourth-order valence-electron chi connectivity index (χ4n) is 2.56. The van der Waals surface area contributed by atoms with E-state index in [-0.39, 0.29) is 12.6 Å². The Labute approximate surface area is 119 Å². The molecule has 5 nitrogen and oxygen atoms in total. The van der Waals surface area contributed by atoms with E-state index >= 15 is 0 Å². The van der Waals surface area contributed by atoms with Crippen molar-refractivity contribution in [3.05, 3.63) is 23.8 Å². The third-order valence-corrected chi connectivity index (χ3v) is 3.73. The van der Waals surface area contributed by atoms with Gasteiger partial charge in [0.1, 0.15) is 0 Å². The largest absolute Gasteiger partial charge is 0.462 e. The third kappa shape index (κ3) is 3.22. The number of hydrogen-bond acceptors (Lipinski definition) is 5. The summed E-state index contributed by atoms with van der Waals surface area (Å²) in [5.41, 5.74) is 7.72. The average Bonchev–Trinajstić information content (AvgIpc) is 2.47. The van der Waals surface area contributed by atoms with Crippen molar-refractivity contribution in [2.45, 2.75) is 19.8 Å². The van der Waals surface area contributed by atoms with Crippen LogP contribution in [0.15, 0.2) is 18.2 Å². The Hall–Kier alpha value is -1.75. The molecule has 1 saturated heterocycles. The molecule has 0 aromatic heterocycles. The highest BCUT2D eigenvalue weighted by atomic mass is 16.5. The molecule has 0 aliphatic carbocycles. The maximum atomic E-state index is 12.0. The Bertz CT molecular complexity index is 468. The van der Waals surface area contributed by atoms with Crippen molar-refractivity contribution >= 4 is 17.3 Å². The van der Waals surface area contributed by atoms with Gasteiger partial charge in [0.15, 0.2) is 0 Å². The smallest absolute Gasteiger partial charge is 0.340 e. The Morgan fingerprint density at radius 2 is 2.15 bits per heavy atom. The predicted molar refractivity (Wildman–Crippen MR) is 78.8 cm³/mol. The molecule has 1 aliphatic heterocycles. The molecule has 0 bridgehead atoms. The summed E-state index contributed by atoms with van der Waals surface area (Å²) in [6.45, 7) is 4.04. The molecule has 0 atom stereocenters. The number of nitrogens with two attached hydrogens (primary N) is 1. The van der Waals surface area contributed by atoms with Crippen LogP contribution in [-0.4, -0.2) is 37.4 Å². The van der Waals surface area contributed by atoms with Gasteiger partial charge in [-0.15, -0.1) is 0 Å². The number of nitrogen functional groups attached to an aromatic ring is 1. The molecule has 0 unspecified atom stereocenters. The minimum Gasteiger partial charge on any atom is -0.462 e. The van der Waals surface area contributed by atoms with Crippen LogP contribution in [0.3, 0.4) is 0 Å². The van der Waals surface area contributed by atoms with E-state index in [1.165, 1.54) is 0 Å². The lowest BCUT2D eigenvalue weighted by Gasteiger charge is -2.33. The van der Waals surface area contributed by atoms with E-state index in [2.05, 4.69) is 4.90 Å². The van der Waals surface area contributed by atoms with Crippen molar-refractivity contribution in [1.29, 1.82) is 0 Å². The second kappa shape index (κ2) is 6.61. The number of rotatable bonds is 4. The molecule has 5 heteroatoms. The highest BCUT2D eigenvalue weighted by Crippen LogP contribution is 2.28. The molecule has 1 heterocycles. The second-order valence-electron chi connectivity index (χ2n) is 5.11. The number of ether oxygens (including phenoxy) is 1. The van der Waals surface area contributed by atoms with Gasteiger partial charge in [0.05, 0.1) is 17.9 Å². The number of aliphatic hydroxyl groups excluding tert-OH is 1. The first kappa shape index (κ1) is 14.7. The van der Waals surface area contributed by atoms with Crippen LogP contribution >= 0.6 is 0 Å². The number of carbonyl (C=O) groups excluding carboxylic acids is 1. The number of nitrogens with zero attached hydrogens (tertiary/aromatic N) is 1. The number of anilines is 2. The monoisotopic (exact) mass is 278 g/mol. The fourth-order valence-corrected chi connectivity index (χ4v) is 2.56. The zero-order valence-corrected chi connectivity index (χ0v) is 11.8. The third-order valence-electron chi connectivity index (χ3n) is 3.73. The van der Waals surface area contributed by atoms with E-state index in [9.17, 15) is 9.90 Å². The summed E-state index contributed by atoms with van der Waals surface area (Å²) in [5.74, 6) is 0.0326. The number of benzene rings is 1. The van der Waals surface area contributed by atoms with Crippen LogP contribution in [0.2, 0.25) is 0 Å². The molecule has 2 rings (SSSR count). The van der Waals surface area contributed by atoms with Gasteiger partial charge in [0.25, 0.3) is 0 Å². The van der Waals surface area contributed by atoms with Crippen molar-refractivity contribution in [3.63, 3.8) is 0 Å². The lowest BCUT2D eigenvalue weighted by molar-refractivity contribution is 0.0527. The summed E-state index contributed by atoms with van der Waals surface area (Å²) in [6, 6.07) is 5.35. The number of aliphatic hydroxyl groups is 1. The summed E-state index contributed by atoms with van der Waals surface area (Å²) in [7, 11) is 0. The molecule has 1 aromatic carbocycles. The second-order valence-corrected chi connectivity index (χ2v) is 5.11. The zero-order valence-electron chi connectivity index (χ0n) is 11.8. The molecule has 110 valence electrons. The fraction of sp³-hybridized carbons (Fsp3) is 0.533. The van der Waals surface area contributed by atoms with Crippen LogP contribution in [0.25, 0.3) is 0 Å². The molecule has 0 spiro atoms. The topological polar surface area (TPSA) is 75.8 Å². The van der Waals surface area contributed by atoms with Crippen molar-refractivity contribution in [2.24, 2.45) is 5.92 Å². The Morgan fingerprint density at radius 3 is 2.75 bits per heavy atom. The Morgan fingerprint density at radius 1 is 1.45 bits per heavy atom. The molecule has 3 N–H and O–H groups in total. The first-order valence-corrected chi connectivity index (χ1v) is 7.08. The van der Waals surface area contributed by atoms with E-state index in [0.29, 0.717) is 23.8 Å². The van der Waals surface area contributed by atoms with Crippen LogP contribution < -0.4 is 10.6 Å². The van der Waals surface area contributed by atoms with Gasteiger partial charge < -0.3 is 20.5 Å². The van der Waals surface area contributed by atoms with Gasteiger partial charge in [-0.1, -0.05) is 0 Å². The molecular formula is C15H22N2O3. The van der Waals surface area contributed by atoms with Crippen molar-refractivity contribution < 1.29 is 14.6 Å². The van der Waals surface area contributed by atoms with Crippen molar-refractivity contribution in [2.75, 3.05) is 36.9 Å². The van der Waals surface area contributed by atoms with E-state index in [0.717, 1.165) is 31.6 Å². The van der Waals surface area contributed by atoms with Gasteiger partial charge in [0.2, 0.25) is 0 Å². The van der Waals surface area contributed by atoms with Crippen LogP contribution in [0, 0.1) is 5.92 Å². The SMILES string of the molecule is CCOC(=O)c1cc(N)ccc1N1CCC(CO)CC1. The lowest BCUT2D eigenvalue weighted by Crippen LogP contribution is -2.35. The molecule has 0 radical (unpaired) electrons. The summed E-state index contributed by atoms with van der Waals surface area (Å²) in [6.07, 6.45) is 1.87. The maximum Gasteiger partial charge on any atom is 0.340 e. The van der Waals surface area contributed by atoms with Gasteiger partial charge in [-0.3, -0.25) is 0 Å². The molecule has 20 heavy (non-hydrogen) atoms. The normalized spacial score (nSPS) is 16.2. The standard InChI is InChI=1S/C15H22N2O3/c1-2-20-15(19)13-9-12(16)3-4-14(13)17-7-5-11(10-18)6-8-17/h3-4,9,11,18H,2,5-8,10,16H2,1H3. The van der Waals surface area contributed by atoms with Crippen LogP contribution in [0.1, 0.15) is 30.1 Å². The molecule has 1 aromatic rings. The minimum atomic E-state index is -0.334. The van der Waals surface area contributed by atoms with E-state index < -0.39 is 0 Å². The highest BCUT2D eigenvalue weighted by molar-refractivity contribution is 5.97. The van der Waals surface area contributed by atoms with Gasteiger partial charge in [0, 0.05) is 25.4 Å². The van der Waals surface area contributed by atoms with Gasteiger partial charge in [-0.05, 0) is 43.9 Å². The van der Waals surface area contributed by atoms with E-state index in [1.54, 1.807) is 19.1 Å². The number of carbonyl (C=O) groups is 1. The van der Waals surface area contributed by atoms with E-state index in [4.69, 9.17) is 10.5 Å². The number of hydrogen-bond donors (Lipinski definition) is 2. The number of piperidine rings is 1. The first-order chi connectivity index (χ1) is 9.65. The van der Waals surface area contributed by atoms with Crippen LogP contribution in [0.4, 0.5) is 11.4 Å². The summed E-state index contributed by atoms with van der Waals surface area (Å²) in [4.78, 5) is 14.2. The van der Waals surface area contributed by atoms with Gasteiger partial charge in [-0.25, -0.2) is 4.79 Å². The van der Waals surface area contributed by atoms with Crippen molar-refractivity contribution in [1.82, 2.24) is 0 Å². The molecule has 0 saturated carbocycles. The highest BCUT2D eigenvalue weighted by Gasteiger charge is 2.23. The number of esters is 1. The zero-order chi connectivity index (χ0) is 14.5. The molecule has 1 aliphatic rings.